The zero-order chi connectivity index (χ0) is 8.32. The average molecular weight is 156 g/mol. The average Bonchev–Trinajstić information content (AvgIpc) is 2.26. The van der Waals surface area contributed by atoms with Crippen LogP contribution in [0.4, 0.5) is 0 Å². The lowest BCUT2D eigenvalue weighted by Gasteiger charge is -2.15. The molecule has 1 rings (SSSR count). The lowest BCUT2D eigenvalue weighted by Crippen LogP contribution is -2.21. The van der Waals surface area contributed by atoms with Gasteiger partial charge in [0, 0.05) is 0 Å². The van der Waals surface area contributed by atoms with Crippen molar-refractivity contribution in [3.63, 3.8) is 0 Å². The second-order valence-corrected chi connectivity index (χ2v) is 2.98. The van der Waals surface area contributed by atoms with E-state index in [-0.39, 0.29) is 6.10 Å². The molecule has 4 nitrogen and oxygen atoms in total. The molecule has 1 aliphatic rings. The van der Waals surface area contributed by atoms with Gasteiger partial charge in [-0.15, -0.1) is 0 Å². The van der Waals surface area contributed by atoms with E-state index in [1.807, 2.05) is 13.8 Å². The number of rotatable bonds is 2. The third-order valence-electron chi connectivity index (χ3n) is 1.52. The highest BCUT2D eigenvalue weighted by Crippen LogP contribution is 2.23. The molecule has 0 aromatic heterocycles. The number of hydrogen-bond donors (Lipinski definition) is 0. The van der Waals surface area contributed by atoms with Crippen LogP contribution >= 0.6 is 0 Å². The summed E-state index contributed by atoms with van der Waals surface area (Å²) in [5.41, 5.74) is 8.13. The Labute approximate surface area is 65.7 Å². The van der Waals surface area contributed by atoms with Crippen molar-refractivity contribution in [2.24, 2.45) is 0 Å². The predicted molar refractivity (Wildman–Crippen MR) is 39.2 cm³/mol. The van der Waals surface area contributed by atoms with Crippen molar-refractivity contribution in [3.8, 4) is 0 Å². The van der Waals surface area contributed by atoms with Crippen LogP contribution in [-0.4, -0.2) is 29.5 Å². The highest BCUT2D eigenvalue weighted by molar-refractivity contribution is 5.50. The van der Waals surface area contributed by atoms with Gasteiger partial charge in [-0.1, -0.05) is 0 Å². The molecule has 0 aliphatic carbocycles. The molecule has 0 bridgehead atoms. The first-order chi connectivity index (χ1) is 5.14. The van der Waals surface area contributed by atoms with Crippen LogP contribution in [0.15, 0.2) is 0 Å². The molecule has 1 atom stereocenters. The first kappa shape index (κ1) is 8.40. The second-order valence-electron chi connectivity index (χ2n) is 2.98. The summed E-state index contributed by atoms with van der Waals surface area (Å²) < 4.78 is 10.7. The highest BCUT2D eigenvalue weighted by Gasteiger charge is 2.32. The van der Waals surface area contributed by atoms with E-state index < -0.39 is 5.79 Å². The molecule has 1 heterocycles. The van der Waals surface area contributed by atoms with Crippen LogP contribution in [0, 0.1) is 0 Å². The Kier molecular flexibility index (Phi) is 2.39. The molecule has 1 saturated heterocycles. The third-order valence-corrected chi connectivity index (χ3v) is 1.52. The van der Waals surface area contributed by atoms with E-state index >= 15 is 0 Å². The summed E-state index contributed by atoms with van der Waals surface area (Å²) in [6, 6.07) is 0. The molecule has 4 heteroatoms. The molecule has 1 fully saturated rings. The Hall–Kier alpha value is -0.700. The Balaban J connectivity index is 2.36. The summed E-state index contributed by atoms with van der Waals surface area (Å²) in [6.45, 7) is 4.30. The zero-order valence-electron chi connectivity index (χ0n) is 6.78. The summed E-state index contributed by atoms with van der Waals surface area (Å²) in [6.07, 6.45) is 2.04. The van der Waals surface area contributed by atoms with Crippen molar-refractivity contribution < 1.29 is 14.3 Å². The monoisotopic (exact) mass is 156 g/mol. The maximum atomic E-state index is 8.13. The van der Waals surface area contributed by atoms with Gasteiger partial charge in [-0.2, -0.15) is 4.79 Å². The molecule has 1 unspecified atom stereocenters. The van der Waals surface area contributed by atoms with Crippen molar-refractivity contribution in [3.05, 3.63) is 5.53 Å². The summed E-state index contributed by atoms with van der Waals surface area (Å²) in [7, 11) is 0. The molecular weight excluding hydrogens is 144 g/mol. The van der Waals surface area contributed by atoms with Gasteiger partial charge >= 0.3 is 0 Å². The van der Waals surface area contributed by atoms with Crippen LogP contribution < -0.4 is 0 Å². The van der Waals surface area contributed by atoms with E-state index in [1.54, 1.807) is 0 Å². The topological polar surface area (TPSA) is 54.9 Å². The number of ether oxygens (including phenoxy) is 2. The number of nitrogens with zero attached hydrogens (tertiary/aromatic N) is 2. The molecule has 0 saturated carbocycles. The van der Waals surface area contributed by atoms with Gasteiger partial charge in [-0.3, -0.25) is 0 Å². The van der Waals surface area contributed by atoms with Gasteiger partial charge in [-0.25, -0.2) is 0 Å². The maximum absolute atomic E-state index is 8.13. The molecule has 1 aliphatic heterocycles. The minimum absolute atomic E-state index is 0.0286. The number of hydrogen-bond acceptors (Lipinski definition) is 2. The predicted octanol–water partition coefficient (Wildman–Crippen LogP) is 0.829. The standard InChI is InChI=1S/C7H12N2O2/c1-7(2)10-5-6(11-7)3-4-9-8/h4,6H,3,5H2,1-2H3. The van der Waals surface area contributed by atoms with Crippen LogP contribution in [0.1, 0.15) is 20.3 Å². The van der Waals surface area contributed by atoms with E-state index in [0.29, 0.717) is 13.0 Å². The van der Waals surface area contributed by atoms with E-state index in [1.165, 1.54) is 6.21 Å². The molecule has 0 N–H and O–H groups in total. The Morgan fingerprint density at radius 2 is 2.45 bits per heavy atom. The van der Waals surface area contributed by atoms with Gasteiger partial charge in [0.1, 0.15) is 0 Å². The molecule has 62 valence electrons. The van der Waals surface area contributed by atoms with Crippen molar-refractivity contribution in [2.45, 2.75) is 32.2 Å². The van der Waals surface area contributed by atoms with E-state index in [4.69, 9.17) is 15.0 Å². The van der Waals surface area contributed by atoms with E-state index in [0.717, 1.165) is 0 Å². The smallest absolute Gasteiger partial charge is 0.260 e. The fourth-order valence-electron chi connectivity index (χ4n) is 1.04. The minimum Gasteiger partial charge on any atom is -0.362 e. The van der Waals surface area contributed by atoms with Crippen LogP contribution in [0.3, 0.4) is 0 Å². The fraction of sp³-hybridized carbons (Fsp3) is 0.857. The third kappa shape index (κ3) is 2.42. The maximum Gasteiger partial charge on any atom is 0.260 e. The molecule has 11 heavy (non-hydrogen) atoms. The second kappa shape index (κ2) is 3.13. The Morgan fingerprint density at radius 3 is 2.91 bits per heavy atom. The van der Waals surface area contributed by atoms with Gasteiger partial charge in [0.05, 0.1) is 19.1 Å². The molecule has 0 amide bonds. The summed E-state index contributed by atoms with van der Waals surface area (Å²) in [5, 5.41) is 0. The van der Waals surface area contributed by atoms with Crippen LogP contribution in [0.2, 0.25) is 0 Å². The van der Waals surface area contributed by atoms with Crippen molar-refractivity contribution in [2.75, 3.05) is 6.61 Å². The zero-order valence-corrected chi connectivity index (χ0v) is 6.78. The van der Waals surface area contributed by atoms with Crippen LogP contribution in [-0.2, 0) is 9.47 Å². The molecular formula is C7H12N2O2. The van der Waals surface area contributed by atoms with E-state index in [2.05, 4.69) is 4.79 Å². The van der Waals surface area contributed by atoms with Crippen LogP contribution in [0.5, 0.6) is 0 Å². The van der Waals surface area contributed by atoms with Gasteiger partial charge in [-0.05, 0) is 13.8 Å². The first-order valence-electron chi connectivity index (χ1n) is 3.62. The first-order valence-corrected chi connectivity index (χ1v) is 3.62. The Bertz CT molecular complexity index is 185. The summed E-state index contributed by atoms with van der Waals surface area (Å²) >= 11 is 0. The summed E-state index contributed by atoms with van der Waals surface area (Å²) in [5.74, 6) is -0.478. The Morgan fingerprint density at radius 1 is 1.73 bits per heavy atom. The van der Waals surface area contributed by atoms with Gasteiger partial charge in [0.15, 0.2) is 5.79 Å². The molecule has 0 aromatic rings. The SMILES string of the molecule is CC1(C)OCC(CC=[N+]=[N-])O1. The normalized spacial score (nSPS) is 28.0. The van der Waals surface area contributed by atoms with Crippen molar-refractivity contribution in [1.29, 1.82) is 0 Å². The van der Waals surface area contributed by atoms with Gasteiger partial charge in [0.25, 0.3) is 6.21 Å². The van der Waals surface area contributed by atoms with Crippen LogP contribution in [0.25, 0.3) is 5.53 Å². The van der Waals surface area contributed by atoms with Gasteiger partial charge in [0.2, 0.25) is 0 Å². The largest absolute Gasteiger partial charge is 0.362 e. The highest BCUT2D eigenvalue weighted by atomic mass is 16.7. The van der Waals surface area contributed by atoms with Gasteiger partial charge < -0.3 is 15.0 Å². The van der Waals surface area contributed by atoms with Crippen molar-refractivity contribution >= 4 is 6.21 Å². The van der Waals surface area contributed by atoms with Crippen molar-refractivity contribution in [1.82, 2.24) is 0 Å². The lowest BCUT2D eigenvalue weighted by atomic mass is 10.3. The summed E-state index contributed by atoms with van der Waals surface area (Å²) in [4.78, 5) is 2.89. The minimum atomic E-state index is -0.478. The molecule has 0 aromatic carbocycles. The fourth-order valence-corrected chi connectivity index (χ4v) is 1.04. The van der Waals surface area contributed by atoms with E-state index in [9.17, 15) is 0 Å². The quantitative estimate of drug-likeness (QED) is 0.338. The molecule has 0 spiro atoms. The lowest BCUT2D eigenvalue weighted by molar-refractivity contribution is -0.137. The molecule has 0 radical (unpaired) electrons.